The molecule has 22 heavy (non-hydrogen) atoms. The lowest BCUT2D eigenvalue weighted by Gasteiger charge is -2.30. The minimum atomic E-state index is -5.18. The van der Waals surface area contributed by atoms with Gasteiger partial charge in [0, 0.05) is 12.8 Å². The third-order valence-electron chi connectivity index (χ3n) is 2.82. The van der Waals surface area contributed by atoms with Crippen LogP contribution in [0.1, 0.15) is 33.6 Å². The van der Waals surface area contributed by atoms with Crippen LogP contribution in [0.25, 0.3) is 0 Å². The normalized spacial score (nSPS) is 17.5. The first-order valence-electron chi connectivity index (χ1n) is 6.29. The van der Waals surface area contributed by atoms with Crippen molar-refractivity contribution in [3.8, 4) is 0 Å². The fourth-order valence-corrected chi connectivity index (χ4v) is 1.64. The van der Waals surface area contributed by atoms with Gasteiger partial charge in [-0.05, 0) is 5.41 Å². The summed E-state index contributed by atoms with van der Waals surface area (Å²) in [6.45, 7) is 4.18. The summed E-state index contributed by atoms with van der Waals surface area (Å²) >= 11 is 0. The van der Waals surface area contributed by atoms with Gasteiger partial charge in [0.25, 0.3) is 11.8 Å². The molecule has 1 aliphatic rings. The van der Waals surface area contributed by atoms with E-state index in [0.717, 1.165) is 0 Å². The summed E-state index contributed by atoms with van der Waals surface area (Å²) < 4.78 is 36.9. The zero-order valence-electron chi connectivity index (χ0n) is 12.1. The van der Waals surface area contributed by atoms with Gasteiger partial charge >= 0.3 is 18.1 Å². The van der Waals surface area contributed by atoms with Crippen molar-refractivity contribution >= 4 is 23.7 Å². The second-order valence-electron chi connectivity index (χ2n) is 5.76. The van der Waals surface area contributed by atoms with Gasteiger partial charge in [-0.25, -0.2) is 4.79 Å². The second-order valence-corrected chi connectivity index (χ2v) is 5.76. The number of halogens is 3. The molecule has 0 bridgehead atoms. The van der Waals surface area contributed by atoms with E-state index in [2.05, 4.69) is 4.84 Å². The number of hydrogen-bond donors (Lipinski definition) is 1. The van der Waals surface area contributed by atoms with E-state index in [0.29, 0.717) is 0 Å². The van der Waals surface area contributed by atoms with E-state index in [1.165, 1.54) is 26.1 Å². The molecule has 0 saturated carbocycles. The maximum absolute atomic E-state index is 12.3. The van der Waals surface area contributed by atoms with Crippen LogP contribution in [0.4, 0.5) is 13.2 Å². The maximum atomic E-state index is 12.3. The summed E-state index contributed by atoms with van der Waals surface area (Å²) in [5.41, 5.74) is -1.14. The lowest BCUT2D eigenvalue weighted by Crippen LogP contribution is -2.54. The Morgan fingerprint density at radius 3 is 1.95 bits per heavy atom. The monoisotopic (exact) mass is 324 g/mol. The van der Waals surface area contributed by atoms with E-state index >= 15 is 0 Å². The van der Waals surface area contributed by atoms with Crippen molar-refractivity contribution in [2.75, 3.05) is 0 Å². The van der Waals surface area contributed by atoms with Gasteiger partial charge in [-0.1, -0.05) is 20.8 Å². The molecule has 1 N–H and O–H groups in total. The van der Waals surface area contributed by atoms with Crippen molar-refractivity contribution in [2.24, 2.45) is 5.41 Å². The number of hydroxylamine groups is 2. The highest BCUT2D eigenvalue weighted by Gasteiger charge is 2.45. The molecule has 7 nitrogen and oxygen atoms in total. The summed E-state index contributed by atoms with van der Waals surface area (Å²) in [7, 11) is 0. The fraction of sp³-hybridized carbons (Fsp3) is 0.667. The first-order valence-corrected chi connectivity index (χ1v) is 6.29. The Morgan fingerprint density at radius 1 is 1.14 bits per heavy atom. The average Bonchev–Trinajstić information content (AvgIpc) is 2.64. The van der Waals surface area contributed by atoms with Crippen LogP contribution in [-0.4, -0.2) is 41.0 Å². The predicted octanol–water partition coefficient (Wildman–Crippen LogP) is 0.687. The van der Waals surface area contributed by atoms with Crippen LogP contribution in [0.2, 0.25) is 0 Å². The van der Waals surface area contributed by atoms with Crippen molar-refractivity contribution in [3.05, 3.63) is 0 Å². The molecule has 0 aromatic heterocycles. The van der Waals surface area contributed by atoms with Gasteiger partial charge in [0.1, 0.15) is 6.04 Å². The molecular formula is C12H15F3N2O5. The van der Waals surface area contributed by atoms with Gasteiger partial charge in [0.2, 0.25) is 0 Å². The lowest BCUT2D eigenvalue weighted by atomic mass is 9.86. The summed E-state index contributed by atoms with van der Waals surface area (Å²) in [5, 5.41) is 1.72. The molecule has 1 atom stereocenters. The summed E-state index contributed by atoms with van der Waals surface area (Å²) in [6.07, 6.45) is -5.48. The van der Waals surface area contributed by atoms with Gasteiger partial charge in [0.15, 0.2) is 0 Å². The van der Waals surface area contributed by atoms with E-state index in [1.54, 1.807) is 0 Å². The highest BCUT2D eigenvalue weighted by atomic mass is 19.4. The van der Waals surface area contributed by atoms with Crippen molar-refractivity contribution in [1.82, 2.24) is 10.4 Å². The van der Waals surface area contributed by atoms with Crippen LogP contribution in [0, 0.1) is 5.41 Å². The molecule has 1 fully saturated rings. The van der Waals surface area contributed by atoms with Crippen molar-refractivity contribution in [1.29, 1.82) is 0 Å². The topological polar surface area (TPSA) is 92.8 Å². The molecule has 0 unspecified atom stereocenters. The molecule has 0 aromatic carbocycles. The van der Waals surface area contributed by atoms with Gasteiger partial charge in [-0.2, -0.15) is 13.2 Å². The molecule has 3 amide bonds. The maximum Gasteiger partial charge on any atom is 0.471 e. The highest BCUT2D eigenvalue weighted by Crippen LogP contribution is 2.24. The highest BCUT2D eigenvalue weighted by molar-refractivity contribution is 6.02. The number of alkyl halides is 3. The Hall–Kier alpha value is -2.13. The van der Waals surface area contributed by atoms with Crippen LogP contribution in [0.3, 0.4) is 0 Å². The van der Waals surface area contributed by atoms with E-state index in [1.807, 2.05) is 0 Å². The van der Waals surface area contributed by atoms with Gasteiger partial charge in [0.05, 0.1) is 0 Å². The first-order chi connectivity index (χ1) is 9.84. The SMILES string of the molecule is CC(C)(C)[C@H](NC(=O)C(F)(F)F)C(=O)ON1C(=O)CCC1=O. The van der Waals surface area contributed by atoms with E-state index in [9.17, 15) is 32.3 Å². The zero-order valence-corrected chi connectivity index (χ0v) is 12.1. The Morgan fingerprint density at radius 2 is 1.59 bits per heavy atom. The molecule has 0 spiro atoms. The number of imide groups is 1. The minimum Gasteiger partial charge on any atom is -0.334 e. The largest absolute Gasteiger partial charge is 0.471 e. The fourth-order valence-electron chi connectivity index (χ4n) is 1.64. The first kappa shape index (κ1) is 17.9. The molecular weight excluding hydrogens is 309 g/mol. The quantitative estimate of drug-likeness (QED) is 0.771. The molecule has 124 valence electrons. The molecule has 1 heterocycles. The van der Waals surface area contributed by atoms with Crippen molar-refractivity contribution < 1.29 is 37.2 Å². The smallest absolute Gasteiger partial charge is 0.334 e. The number of amides is 3. The Balaban J connectivity index is 2.89. The Labute approximate surface area is 123 Å². The average molecular weight is 324 g/mol. The summed E-state index contributed by atoms with van der Waals surface area (Å²) in [4.78, 5) is 50.2. The molecule has 0 aromatic rings. The zero-order chi connectivity index (χ0) is 17.3. The molecule has 0 radical (unpaired) electrons. The number of nitrogens with zero attached hydrogens (tertiary/aromatic N) is 1. The van der Waals surface area contributed by atoms with Crippen LogP contribution in [0.5, 0.6) is 0 Å². The van der Waals surface area contributed by atoms with Crippen LogP contribution < -0.4 is 5.32 Å². The number of carbonyl (C=O) groups excluding carboxylic acids is 4. The van der Waals surface area contributed by atoms with Gasteiger partial charge in [-0.3, -0.25) is 14.4 Å². The number of rotatable bonds is 3. The molecule has 10 heteroatoms. The van der Waals surface area contributed by atoms with Crippen LogP contribution in [-0.2, 0) is 24.0 Å². The Bertz CT molecular complexity index is 494. The number of carbonyl (C=O) groups is 4. The lowest BCUT2D eigenvalue weighted by molar-refractivity contribution is -0.202. The molecule has 0 aliphatic carbocycles. The second kappa shape index (κ2) is 5.93. The van der Waals surface area contributed by atoms with Crippen molar-refractivity contribution in [3.63, 3.8) is 0 Å². The third kappa shape index (κ3) is 4.18. The van der Waals surface area contributed by atoms with Crippen molar-refractivity contribution in [2.45, 2.75) is 45.8 Å². The van der Waals surface area contributed by atoms with Gasteiger partial charge < -0.3 is 10.2 Å². The van der Waals surface area contributed by atoms with E-state index in [-0.39, 0.29) is 17.9 Å². The summed E-state index contributed by atoms with van der Waals surface area (Å²) in [6, 6.07) is -1.69. The molecule has 1 saturated heterocycles. The Kier molecular flexibility index (Phi) is 4.83. The standard InChI is InChI=1S/C12H15F3N2O5/c1-11(2,3)8(16-10(21)12(13,14)15)9(20)22-17-6(18)4-5-7(17)19/h8H,4-5H2,1-3H3,(H,16,21)/t8-/m1/s1. The minimum absolute atomic E-state index is 0.152. The van der Waals surface area contributed by atoms with Crippen LogP contribution in [0.15, 0.2) is 0 Å². The molecule has 1 aliphatic heterocycles. The van der Waals surface area contributed by atoms with E-state index in [4.69, 9.17) is 0 Å². The van der Waals surface area contributed by atoms with Crippen LogP contribution >= 0.6 is 0 Å². The number of hydrogen-bond acceptors (Lipinski definition) is 5. The predicted molar refractivity (Wildman–Crippen MR) is 64.6 cm³/mol. The summed E-state index contributed by atoms with van der Waals surface area (Å²) in [5.74, 6) is -5.18. The number of nitrogens with one attached hydrogen (secondary N) is 1. The third-order valence-corrected chi connectivity index (χ3v) is 2.82. The van der Waals surface area contributed by atoms with E-state index < -0.39 is 41.3 Å². The molecule has 1 rings (SSSR count). The van der Waals surface area contributed by atoms with Gasteiger partial charge in [-0.15, -0.1) is 5.06 Å².